The first-order valence-corrected chi connectivity index (χ1v) is 6.13. The Morgan fingerprint density at radius 3 is 2.85 bits per heavy atom. The van der Waals surface area contributed by atoms with Crippen molar-refractivity contribution in [1.82, 2.24) is 4.98 Å². The lowest BCUT2D eigenvalue weighted by molar-refractivity contribution is 0.102. The Kier molecular flexibility index (Phi) is 4.18. The number of nitrogens with zero attached hydrogens (tertiary/aromatic N) is 1. The fourth-order valence-electron chi connectivity index (χ4n) is 1.67. The third-order valence-corrected chi connectivity index (χ3v) is 2.65. The third-order valence-electron chi connectivity index (χ3n) is 2.65. The van der Waals surface area contributed by atoms with Crippen LogP contribution < -0.4 is 11.1 Å². The summed E-state index contributed by atoms with van der Waals surface area (Å²) in [6, 6.07) is 5.47. The van der Waals surface area contributed by atoms with Crippen LogP contribution in [0.3, 0.4) is 0 Å². The van der Waals surface area contributed by atoms with E-state index in [4.69, 9.17) is 10.2 Å². The van der Waals surface area contributed by atoms with E-state index in [-0.39, 0.29) is 11.9 Å². The van der Waals surface area contributed by atoms with Crippen LogP contribution in [0.25, 0.3) is 0 Å². The molecular weight excluding hydrogens is 254 g/mol. The second kappa shape index (κ2) is 6.04. The summed E-state index contributed by atoms with van der Waals surface area (Å²) in [6.07, 6.45) is 1.48. The van der Waals surface area contributed by atoms with Crippen LogP contribution in [0.4, 0.5) is 6.01 Å². The number of carbonyl (C=O) groups excluding carboxylic acids is 1. The van der Waals surface area contributed by atoms with E-state index >= 15 is 0 Å². The van der Waals surface area contributed by atoms with E-state index in [2.05, 4.69) is 22.1 Å². The Morgan fingerprint density at radius 2 is 2.25 bits per heavy atom. The number of aromatic nitrogens is 1. The number of benzene rings is 1. The number of nitrogens with one attached hydrogen (secondary N) is 1. The number of nitrogens with two attached hydrogens (primary N) is 1. The molecular formula is C15H15N3O2. The number of hydrogen-bond acceptors (Lipinski definition) is 4. The van der Waals surface area contributed by atoms with Gasteiger partial charge in [-0.3, -0.25) is 10.1 Å². The van der Waals surface area contributed by atoms with Crippen LogP contribution >= 0.6 is 0 Å². The molecule has 3 N–H and O–H groups in total. The molecule has 5 nitrogen and oxygen atoms in total. The van der Waals surface area contributed by atoms with Gasteiger partial charge in [0, 0.05) is 11.1 Å². The lowest BCUT2D eigenvalue weighted by Crippen LogP contribution is -2.12. The molecule has 0 saturated heterocycles. The number of anilines is 1. The van der Waals surface area contributed by atoms with Gasteiger partial charge in [0.05, 0.1) is 12.2 Å². The van der Waals surface area contributed by atoms with Gasteiger partial charge in [0.2, 0.25) is 0 Å². The van der Waals surface area contributed by atoms with Gasteiger partial charge >= 0.3 is 6.01 Å². The zero-order valence-electron chi connectivity index (χ0n) is 11.4. The molecule has 0 saturated carbocycles. The van der Waals surface area contributed by atoms with Crippen molar-refractivity contribution in [3.05, 3.63) is 46.8 Å². The number of amides is 1. The first-order valence-electron chi connectivity index (χ1n) is 6.13. The van der Waals surface area contributed by atoms with Gasteiger partial charge in [0.25, 0.3) is 5.91 Å². The van der Waals surface area contributed by atoms with Gasteiger partial charge in [-0.05, 0) is 37.6 Å². The van der Waals surface area contributed by atoms with Gasteiger partial charge < -0.3 is 10.2 Å². The van der Waals surface area contributed by atoms with E-state index in [1.165, 1.54) is 6.26 Å². The molecule has 0 fully saturated rings. The Hall–Kier alpha value is -2.58. The summed E-state index contributed by atoms with van der Waals surface area (Å²) < 4.78 is 5.08. The molecule has 0 aliphatic heterocycles. The Bertz CT molecular complexity index is 693. The van der Waals surface area contributed by atoms with Gasteiger partial charge in [-0.15, -0.1) is 0 Å². The second-order valence-corrected chi connectivity index (χ2v) is 4.28. The van der Waals surface area contributed by atoms with E-state index in [0.29, 0.717) is 17.8 Å². The van der Waals surface area contributed by atoms with Crippen molar-refractivity contribution in [3.63, 3.8) is 0 Å². The summed E-state index contributed by atoms with van der Waals surface area (Å²) in [5.41, 5.74) is 8.35. The van der Waals surface area contributed by atoms with Crippen LogP contribution in [0.5, 0.6) is 0 Å². The first kappa shape index (κ1) is 13.8. The third kappa shape index (κ3) is 3.25. The zero-order valence-corrected chi connectivity index (χ0v) is 11.4. The molecule has 2 rings (SSSR count). The number of rotatable bonds is 2. The molecule has 0 unspecified atom stereocenters. The first-order chi connectivity index (χ1) is 9.60. The minimum atomic E-state index is -0.270. The van der Waals surface area contributed by atoms with E-state index < -0.39 is 0 Å². The Balaban J connectivity index is 2.16. The smallest absolute Gasteiger partial charge is 0.301 e. The van der Waals surface area contributed by atoms with Gasteiger partial charge in [0.1, 0.15) is 6.26 Å². The van der Waals surface area contributed by atoms with Crippen molar-refractivity contribution in [3.8, 4) is 11.8 Å². The van der Waals surface area contributed by atoms with Crippen molar-refractivity contribution < 1.29 is 9.21 Å². The highest BCUT2D eigenvalue weighted by atomic mass is 16.4. The lowest BCUT2D eigenvalue weighted by atomic mass is 10.0. The SMILES string of the molecule is Cc1coc(NC(=O)c2ccc(C#CCN)c(C)c2)n1. The normalized spacial score (nSPS) is 9.75. The monoisotopic (exact) mass is 269 g/mol. The molecule has 0 atom stereocenters. The minimum absolute atomic E-state index is 0.192. The average Bonchev–Trinajstić information content (AvgIpc) is 2.82. The van der Waals surface area contributed by atoms with E-state index in [0.717, 1.165) is 11.1 Å². The minimum Gasteiger partial charge on any atom is -0.432 e. The van der Waals surface area contributed by atoms with E-state index in [1.807, 2.05) is 6.92 Å². The molecule has 20 heavy (non-hydrogen) atoms. The predicted molar refractivity (Wildman–Crippen MR) is 76.3 cm³/mol. The quantitative estimate of drug-likeness (QED) is 0.815. The fourth-order valence-corrected chi connectivity index (χ4v) is 1.67. The largest absolute Gasteiger partial charge is 0.432 e. The van der Waals surface area contributed by atoms with Crippen molar-refractivity contribution >= 4 is 11.9 Å². The standard InChI is InChI=1S/C15H15N3O2/c1-10-8-13(6-5-12(10)4-3-7-16)14(19)18-15-17-11(2)9-20-15/h5-6,8-9H,7,16H2,1-2H3,(H,17,18,19). The molecule has 0 aliphatic carbocycles. The highest BCUT2D eigenvalue weighted by Gasteiger charge is 2.10. The lowest BCUT2D eigenvalue weighted by Gasteiger charge is -2.04. The summed E-state index contributed by atoms with van der Waals surface area (Å²) in [6.45, 7) is 3.99. The summed E-state index contributed by atoms with van der Waals surface area (Å²) in [7, 11) is 0. The van der Waals surface area contributed by atoms with Crippen molar-refractivity contribution in [2.24, 2.45) is 5.73 Å². The fraction of sp³-hybridized carbons (Fsp3) is 0.200. The number of hydrogen-bond donors (Lipinski definition) is 2. The van der Waals surface area contributed by atoms with Crippen LogP contribution in [0.15, 0.2) is 28.9 Å². The van der Waals surface area contributed by atoms with Gasteiger partial charge in [-0.1, -0.05) is 11.8 Å². The van der Waals surface area contributed by atoms with E-state index in [9.17, 15) is 4.79 Å². The highest BCUT2D eigenvalue weighted by molar-refractivity contribution is 6.03. The highest BCUT2D eigenvalue weighted by Crippen LogP contribution is 2.13. The van der Waals surface area contributed by atoms with Crippen molar-refractivity contribution in [2.75, 3.05) is 11.9 Å². The van der Waals surface area contributed by atoms with Crippen molar-refractivity contribution in [1.29, 1.82) is 0 Å². The number of carbonyl (C=O) groups is 1. The Labute approximate surface area is 117 Å². The maximum Gasteiger partial charge on any atom is 0.301 e. The molecule has 1 aromatic carbocycles. The average molecular weight is 269 g/mol. The van der Waals surface area contributed by atoms with Crippen LogP contribution in [-0.2, 0) is 0 Å². The van der Waals surface area contributed by atoms with Crippen LogP contribution in [0, 0.1) is 25.7 Å². The molecule has 2 aromatic rings. The predicted octanol–water partition coefficient (Wildman–Crippen LogP) is 1.85. The molecule has 1 amide bonds. The topological polar surface area (TPSA) is 81.2 Å². The summed E-state index contributed by atoms with van der Waals surface area (Å²) >= 11 is 0. The van der Waals surface area contributed by atoms with E-state index in [1.54, 1.807) is 25.1 Å². The molecule has 0 radical (unpaired) electrons. The van der Waals surface area contributed by atoms with Gasteiger partial charge in [-0.2, -0.15) is 4.98 Å². The molecule has 102 valence electrons. The summed E-state index contributed by atoms with van der Waals surface area (Å²) in [4.78, 5) is 16.1. The molecule has 1 heterocycles. The van der Waals surface area contributed by atoms with Gasteiger partial charge in [0.15, 0.2) is 0 Å². The summed E-state index contributed by atoms with van der Waals surface area (Å²) in [5, 5.41) is 2.60. The molecule has 1 aromatic heterocycles. The molecule has 0 spiro atoms. The molecule has 0 aliphatic rings. The van der Waals surface area contributed by atoms with Crippen LogP contribution in [-0.4, -0.2) is 17.4 Å². The zero-order chi connectivity index (χ0) is 14.5. The van der Waals surface area contributed by atoms with Crippen LogP contribution in [0.2, 0.25) is 0 Å². The summed E-state index contributed by atoms with van der Waals surface area (Å²) in [5.74, 6) is 5.47. The van der Waals surface area contributed by atoms with Gasteiger partial charge in [-0.25, -0.2) is 0 Å². The Morgan fingerprint density at radius 1 is 1.45 bits per heavy atom. The number of oxazole rings is 1. The van der Waals surface area contributed by atoms with Crippen molar-refractivity contribution in [2.45, 2.75) is 13.8 Å². The van der Waals surface area contributed by atoms with Crippen LogP contribution in [0.1, 0.15) is 27.2 Å². The molecule has 0 bridgehead atoms. The maximum atomic E-state index is 12.0. The molecule has 5 heteroatoms. The second-order valence-electron chi connectivity index (χ2n) is 4.28. The number of aryl methyl sites for hydroxylation is 2. The maximum absolute atomic E-state index is 12.0.